The van der Waals surface area contributed by atoms with Crippen molar-refractivity contribution >= 4 is 11.7 Å². The van der Waals surface area contributed by atoms with Gasteiger partial charge in [0.15, 0.2) is 11.6 Å². The number of carbonyl (C=O) groups excluding carboxylic acids is 2. The zero-order valence-corrected chi connectivity index (χ0v) is 14.0. The number of hydrogen-bond acceptors (Lipinski definition) is 5. The van der Waals surface area contributed by atoms with E-state index in [4.69, 9.17) is 4.52 Å². The lowest BCUT2D eigenvalue weighted by atomic mass is 10.00. The number of fused-ring (bicyclic) bond motifs is 1. The van der Waals surface area contributed by atoms with Crippen LogP contribution < -0.4 is 0 Å². The van der Waals surface area contributed by atoms with Crippen molar-refractivity contribution < 1.29 is 14.1 Å². The average molecular weight is 327 g/mol. The third-order valence-corrected chi connectivity index (χ3v) is 4.32. The van der Waals surface area contributed by atoms with Crippen LogP contribution in [-0.2, 0) is 17.8 Å². The monoisotopic (exact) mass is 327 g/mol. The number of rotatable bonds is 6. The van der Waals surface area contributed by atoms with E-state index in [9.17, 15) is 9.59 Å². The largest absolute Gasteiger partial charge is 0.339 e. The van der Waals surface area contributed by atoms with Crippen LogP contribution in [0, 0.1) is 0 Å². The highest BCUT2D eigenvalue weighted by Crippen LogP contribution is 2.34. The van der Waals surface area contributed by atoms with Crippen molar-refractivity contribution in [3.8, 4) is 0 Å². The van der Waals surface area contributed by atoms with E-state index in [-0.39, 0.29) is 18.1 Å². The molecule has 2 aromatic rings. The number of aromatic nitrogens is 2. The van der Waals surface area contributed by atoms with E-state index in [0.29, 0.717) is 30.4 Å². The quantitative estimate of drug-likeness (QED) is 0.815. The Labute approximate surface area is 140 Å². The number of benzene rings is 1. The molecule has 6 nitrogen and oxygen atoms in total. The molecule has 24 heavy (non-hydrogen) atoms. The fourth-order valence-corrected chi connectivity index (χ4v) is 3.09. The lowest BCUT2D eigenvalue weighted by Crippen LogP contribution is -2.34. The van der Waals surface area contributed by atoms with Crippen LogP contribution >= 0.6 is 0 Å². The van der Waals surface area contributed by atoms with E-state index in [2.05, 4.69) is 10.1 Å². The number of nitrogens with zero attached hydrogens (tertiary/aromatic N) is 3. The minimum absolute atomic E-state index is 0.0322. The molecule has 0 unspecified atom stereocenters. The average Bonchev–Trinajstić information content (AvgIpc) is 3.17. The summed E-state index contributed by atoms with van der Waals surface area (Å²) in [7, 11) is 0. The fourth-order valence-electron chi connectivity index (χ4n) is 3.09. The second kappa shape index (κ2) is 6.95. The van der Waals surface area contributed by atoms with Crippen molar-refractivity contribution in [1.82, 2.24) is 15.0 Å². The van der Waals surface area contributed by atoms with E-state index >= 15 is 0 Å². The Morgan fingerprint density at radius 3 is 2.88 bits per heavy atom. The van der Waals surface area contributed by atoms with Crippen LogP contribution in [0.3, 0.4) is 0 Å². The first-order valence-electron chi connectivity index (χ1n) is 8.36. The number of ketones is 1. The summed E-state index contributed by atoms with van der Waals surface area (Å²) in [5.74, 6) is 0.668. The summed E-state index contributed by atoms with van der Waals surface area (Å²) in [5, 5.41) is 3.94. The molecule has 1 aliphatic carbocycles. The van der Waals surface area contributed by atoms with E-state index in [1.165, 1.54) is 0 Å². The molecule has 126 valence electrons. The number of amides is 1. The van der Waals surface area contributed by atoms with Gasteiger partial charge in [0.2, 0.25) is 11.8 Å². The predicted octanol–water partition coefficient (Wildman–Crippen LogP) is 2.74. The maximum atomic E-state index is 12.9. The van der Waals surface area contributed by atoms with Crippen LogP contribution in [0.2, 0.25) is 0 Å². The minimum atomic E-state index is -0.407. The highest BCUT2D eigenvalue weighted by Gasteiger charge is 2.36. The zero-order valence-electron chi connectivity index (χ0n) is 14.0. The molecular formula is C18H21N3O3. The van der Waals surface area contributed by atoms with Crippen LogP contribution in [0.15, 0.2) is 28.8 Å². The van der Waals surface area contributed by atoms with Gasteiger partial charge in [0.05, 0.1) is 12.5 Å². The molecule has 1 aromatic carbocycles. The Bertz CT molecular complexity index is 753. The molecular weight excluding hydrogens is 306 g/mol. The van der Waals surface area contributed by atoms with Gasteiger partial charge in [0.25, 0.3) is 0 Å². The maximum absolute atomic E-state index is 12.9. The van der Waals surface area contributed by atoms with Crippen LogP contribution in [-0.4, -0.2) is 33.3 Å². The smallest absolute Gasteiger partial charge is 0.231 e. The number of likely N-dealkylation sites (N-methyl/N-ethyl adjacent to an activating group) is 1. The summed E-state index contributed by atoms with van der Waals surface area (Å²) in [6.45, 7) is 4.78. The van der Waals surface area contributed by atoms with Gasteiger partial charge in [0, 0.05) is 24.9 Å². The van der Waals surface area contributed by atoms with Gasteiger partial charge in [-0.05, 0) is 18.9 Å². The Kier molecular flexibility index (Phi) is 4.74. The van der Waals surface area contributed by atoms with E-state index in [1.807, 2.05) is 32.0 Å². The Balaban J connectivity index is 1.76. The van der Waals surface area contributed by atoms with Crippen molar-refractivity contribution in [1.29, 1.82) is 0 Å². The molecule has 0 radical (unpaired) electrons. The van der Waals surface area contributed by atoms with Gasteiger partial charge in [-0.3, -0.25) is 9.59 Å². The van der Waals surface area contributed by atoms with Gasteiger partial charge in [-0.25, -0.2) is 0 Å². The highest BCUT2D eigenvalue weighted by atomic mass is 16.5. The van der Waals surface area contributed by atoms with E-state index in [1.54, 1.807) is 11.0 Å². The molecule has 0 spiro atoms. The summed E-state index contributed by atoms with van der Waals surface area (Å²) in [6.07, 6.45) is 1.90. The van der Waals surface area contributed by atoms with E-state index < -0.39 is 5.92 Å². The summed E-state index contributed by atoms with van der Waals surface area (Å²) >= 11 is 0. The van der Waals surface area contributed by atoms with Crippen molar-refractivity contribution in [2.45, 2.75) is 45.6 Å². The number of carbonyl (C=O) groups is 2. The Morgan fingerprint density at radius 1 is 1.33 bits per heavy atom. The molecule has 0 N–H and O–H groups in total. The van der Waals surface area contributed by atoms with Gasteiger partial charge >= 0.3 is 0 Å². The van der Waals surface area contributed by atoms with Crippen molar-refractivity contribution in [3.63, 3.8) is 0 Å². The van der Waals surface area contributed by atoms with Crippen LogP contribution in [0.25, 0.3) is 0 Å². The van der Waals surface area contributed by atoms with Crippen LogP contribution in [0.1, 0.15) is 60.2 Å². The number of Topliss-reactive ketones (excluding diaryl/α,β-unsaturated/α-hetero) is 1. The van der Waals surface area contributed by atoms with Crippen molar-refractivity contribution in [3.05, 3.63) is 47.1 Å². The minimum Gasteiger partial charge on any atom is -0.339 e. The topological polar surface area (TPSA) is 76.3 Å². The molecule has 6 heteroatoms. The first kappa shape index (κ1) is 16.4. The molecule has 0 saturated heterocycles. The van der Waals surface area contributed by atoms with Crippen LogP contribution in [0.4, 0.5) is 0 Å². The predicted molar refractivity (Wildman–Crippen MR) is 87.5 cm³/mol. The lowest BCUT2D eigenvalue weighted by Gasteiger charge is -2.23. The molecule has 1 amide bonds. The molecule has 1 aromatic heterocycles. The summed E-state index contributed by atoms with van der Waals surface area (Å²) < 4.78 is 5.18. The van der Waals surface area contributed by atoms with Gasteiger partial charge in [-0.1, -0.05) is 36.3 Å². The third kappa shape index (κ3) is 3.09. The van der Waals surface area contributed by atoms with Gasteiger partial charge in [-0.15, -0.1) is 0 Å². The number of hydrogen-bond donors (Lipinski definition) is 0. The van der Waals surface area contributed by atoms with Gasteiger partial charge < -0.3 is 9.42 Å². The van der Waals surface area contributed by atoms with Crippen LogP contribution in [0.5, 0.6) is 0 Å². The first-order valence-corrected chi connectivity index (χ1v) is 8.36. The Hall–Kier alpha value is -2.50. The SMILES string of the molecule is CCCc1nc(CN(CC)C(=O)[C@H]2CC(=O)c3ccccc32)no1. The van der Waals surface area contributed by atoms with Crippen molar-refractivity contribution in [2.75, 3.05) is 6.54 Å². The zero-order chi connectivity index (χ0) is 17.1. The molecule has 3 rings (SSSR count). The second-order valence-electron chi connectivity index (χ2n) is 5.97. The standard InChI is InChI=1S/C18H21N3O3/c1-3-7-17-19-16(20-24-17)11-21(4-2)18(23)14-10-15(22)13-9-6-5-8-12(13)14/h5-6,8-9,14H,3-4,7,10-11H2,1-2H3/t14-/m0/s1. The molecule has 0 aliphatic heterocycles. The molecule has 0 fully saturated rings. The van der Waals surface area contributed by atoms with Gasteiger partial charge in [0.1, 0.15) is 0 Å². The summed E-state index contributed by atoms with van der Waals surface area (Å²) in [6, 6.07) is 7.35. The Morgan fingerprint density at radius 2 is 2.12 bits per heavy atom. The molecule has 1 heterocycles. The second-order valence-corrected chi connectivity index (χ2v) is 5.97. The molecule has 0 saturated carbocycles. The third-order valence-electron chi connectivity index (χ3n) is 4.32. The molecule has 0 bridgehead atoms. The first-order chi connectivity index (χ1) is 11.6. The number of aryl methyl sites for hydroxylation is 1. The van der Waals surface area contributed by atoms with Crippen molar-refractivity contribution in [2.24, 2.45) is 0 Å². The summed E-state index contributed by atoms with van der Waals surface area (Å²) in [4.78, 5) is 31.0. The van der Waals surface area contributed by atoms with Gasteiger partial charge in [-0.2, -0.15) is 4.98 Å². The lowest BCUT2D eigenvalue weighted by molar-refractivity contribution is -0.133. The highest BCUT2D eigenvalue weighted by molar-refractivity contribution is 6.06. The normalized spacial score (nSPS) is 16.2. The maximum Gasteiger partial charge on any atom is 0.231 e. The molecule has 1 atom stereocenters. The fraction of sp³-hybridized carbons (Fsp3) is 0.444. The summed E-state index contributed by atoms with van der Waals surface area (Å²) in [5.41, 5.74) is 1.49. The molecule has 1 aliphatic rings. The van der Waals surface area contributed by atoms with E-state index in [0.717, 1.165) is 18.4 Å².